The minimum Gasteiger partial charge on any atom is -0.300 e. The molecule has 3 aromatic rings. The molecule has 1 N–H and O–H groups in total. The molecular weight excluding hydrogens is 364 g/mol. The molecule has 0 bridgehead atoms. The molecule has 0 aliphatic heterocycles. The number of pyridine rings is 1. The van der Waals surface area contributed by atoms with Crippen molar-refractivity contribution < 1.29 is 4.79 Å². The van der Waals surface area contributed by atoms with Crippen LogP contribution in [0.5, 0.6) is 0 Å². The second-order valence-electron chi connectivity index (χ2n) is 6.09. The van der Waals surface area contributed by atoms with E-state index in [2.05, 4.69) is 54.5 Å². The normalized spacial score (nSPS) is 11.1. The maximum absolute atomic E-state index is 12.2. The van der Waals surface area contributed by atoms with Crippen LogP contribution in [-0.4, -0.2) is 26.8 Å². The predicted octanol–water partition coefficient (Wildman–Crippen LogP) is 4.56. The quantitative estimate of drug-likeness (QED) is 0.629. The Bertz CT molecular complexity index is 952. The van der Waals surface area contributed by atoms with Gasteiger partial charge in [0, 0.05) is 5.39 Å². The monoisotopic (exact) mass is 386 g/mol. The summed E-state index contributed by atoms with van der Waals surface area (Å²) >= 11 is 2.89. The van der Waals surface area contributed by atoms with Gasteiger partial charge in [-0.2, -0.15) is 0 Å². The van der Waals surface area contributed by atoms with Crippen molar-refractivity contribution in [1.29, 1.82) is 0 Å². The summed E-state index contributed by atoms with van der Waals surface area (Å²) in [6.45, 7) is 8.31. The molecule has 3 rings (SSSR count). The van der Waals surface area contributed by atoms with Gasteiger partial charge in [0.1, 0.15) is 10.0 Å². The number of fused-ring (bicyclic) bond motifs is 1. The first-order chi connectivity index (χ1) is 12.5. The third-order valence-corrected chi connectivity index (χ3v) is 6.20. The van der Waals surface area contributed by atoms with Crippen molar-refractivity contribution in [2.24, 2.45) is 0 Å². The van der Waals surface area contributed by atoms with E-state index in [1.54, 1.807) is 0 Å². The molecule has 0 atom stereocenters. The zero-order valence-corrected chi connectivity index (χ0v) is 17.1. The van der Waals surface area contributed by atoms with Crippen LogP contribution < -0.4 is 5.32 Å². The predicted molar refractivity (Wildman–Crippen MR) is 109 cm³/mol. The Kier molecular flexibility index (Phi) is 5.88. The number of benzene rings is 1. The zero-order valence-electron chi connectivity index (χ0n) is 15.4. The topological polar surface area (TPSA) is 67.8 Å². The van der Waals surface area contributed by atoms with Gasteiger partial charge in [-0.05, 0) is 49.4 Å². The van der Waals surface area contributed by atoms with Gasteiger partial charge in [0.25, 0.3) is 0 Å². The van der Waals surface area contributed by atoms with E-state index in [9.17, 15) is 4.79 Å². The molecule has 0 saturated carbocycles. The Morgan fingerprint density at radius 1 is 1.15 bits per heavy atom. The first-order valence-electron chi connectivity index (χ1n) is 8.66. The fourth-order valence-electron chi connectivity index (χ4n) is 2.67. The van der Waals surface area contributed by atoms with E-state index in [0.717, 1.165) is 34.0 Å². The molecule has 0 radical (unpaired) electrons. The average molecular weight is 387 g/mol. The van der Waals surface area contributed by atoms with Crippen molar-refractivity contribution in [2.75, 3.05) is 11.1 Å². The Hall–Kier alpha value is -1.99. The molecule has 1 amide bonds. The molecule has 0 spiro atoms. The smallest absolute Gasteiger partial charge is 0.236 e. The third kappa shape index (κ3) is 4.04. The molecule has 5 nitrogen and oxygen atoms in total. The number of nitrogens with zero attached hydrogens (tertiary/aromatic N) is 3. The second kappa shape index (κ2) is 8.14. The van der Waals surface area contributed by atoms with Gasteiger partial charge in [-0.15, -0.1) is 10.2 Å². The van der Waals surface area contributed by atoms with Crippen LogP contribution in [-0.2, 0) is 17.6 Å². The van der Waals surface area contributed by atoms with E-state index in [0.29, 0.717) is 10.9 Å². The van der Waals surface area contributed by atoms with Gasteiger partial charge >= 0.3 is 0 Å². The molecule has 0 unspecified atom stereocenters. The highest BCUT2D eigenvalue weighted by molar-refractivity contribution is 8.00. The number of thioether (sulfide) groups is 1. The summed E-state index contributed by atoms with van der Waals surface area (Å²) in [5.41, 5.74) is 4.57. The average Bonchev–Trinajstić information content (AvgIpc) is 3.10. The number of nitrogens with one attached hydrogen (secondary N) is 1. The molecule has 2 heterocycles. The summed E-state index contributed by atoms with van der Waals surface area (Å²) in [6, 6.07) is 6.44. The Balaban J connectivity index is 1.77. The first-order valence-corrected chi connectivity index (χ1v) is 10.5. The van der Waals surface area contributed by atoms with Crippen LogP contribution in [0, 0.1) is 13.8 Å². The Morgan fingerprint density at radius 3 is 2.62 bits per heavy atom. The number of aryl methyl sites for hydroxylation is 4. The molecule has 0 aliphatic rings. The van der Waals surface area contributed by atoms with Crippen molar-refractivity contribution in [1.82, 2.24) is 15.2 Å². The lowest BCUT2D eigenvalue weighted by atomic mass is 10.0. The summed E-state index contributed by atoms with van der Waals surface area (Å²) in [6.07, 6.45) is 1.71. The molecule has 7 heteroatoms. The van der Waals surface area contributed by atoms with Gasteiger partial charge in [-0.25, -0.2) is 4.98 Å². The molecule has 136 valence electrons. The second-order valence-corrected chi connectivity index (χ2v) is 8.12. The van der Waals surface area contributed by atoms with E-state index in [1.165, 1.54) is 39.6 Å². The number of amides is 1. The van der Waals surface area contributed by atoms with Crippen LogP contribution in [0.1, 0.15) is 35.5 Å². The Labute approximate surface area is 161 Å². The number of anilines is 1. The van der Waals surface area contributed by atoms with Crippen LogP contribution in [0.15, 0.2) is 23.2 Å². The fraction of sp³-hybridized carbons (Fsp3) is 0.368. The number of hydrogen-bond donors (Lipinski definition) is 1. The maximum Gasteiger partial charge on any atom is 0.236 e. The minimum absolute atomic E-state index is 0.0845. The lowest BCUT2D eigenvalue weighted by Crippen LogP contribution is -2.14. The van der Waals surface area contributed by atoms with Crippen molar-refractivity contribution in [2.45, 2.75) is 45.6 Å². The molecule has 0 aliphatic carbocycles. The molecule has 0 saturated heterocycles. The van der Waals surface area contributed by atoms with Crippen molar-refractivity contribution in [3.8, 4) is 0 Å². The third-order valence-electron chi connectivity index (χ3n) is 4.18. The number of hydrogen-bond acceptors (Lipinski definition) is 6. The fourth-order valence-corrected chi connectivity index (χ4v) is 4.25. The summed E-state index contributed by atoms with van der Waals surface area (Å²) < 4.78 is 0. The van der Waals surface area contributed by atoms with E-state index < -0.39 is 0 Å². The standard InChI is InChI=1S/C19H22N4OS2/c1-5-13-9-14-11(3)7-8-12(4)17(14)21-18(13)25-10-15(24)20-19-23-22-16(6-2)26-19/h7-9H,5-6,10H2,1-4H3,(H,20,23,24). The highest BCUT2D eigenvalue weighted by Crippen LogP contribution is 2.29. The van der Waals surface area contributed by atoms with Crippen LogP contribution >= 0.6 is 23.1 Å². The Morgan fingerprint density at radius 2 is 1.92 bits per heavy atom. The van der Waals surface area contributed by atoms with E-state index >= 15 is 0 Å². The molecule has 26 heavy (non-hydrogen) atoms. The molecular formula is C19H22N4OS2. The largest absolute Gasteiger partial charge is 0.300 e. The number of carbonyl (C=O) groups is 1. The highest BCUT2D eigenvalue weighted by Gasteiger charge is 2.13. The van der Waals surface area contributed by atoms with Gasteiger partial charge in [-0.3, -0.25) is 10.1 Å². The van der Waals surface area contributed by atoms with Crippen molar-refractivity contribution in [3.05, 3.63) is 39.9 Å². The number of carbonyl (C=O) groups excluding carboxylic acids is 1. The van der Waals surface area contributed by atoms with E-state index in [-0.39, 0.29) is 5.91 Å². The minimum atomic E-state index is -0.0845. The lowest BCUT2D eigenvalue weighted by Gasteiger charge is -2.12. The first kappa shape index (κ1) is 18.8. The van der Waals surface area contributed by atoms with Gasteiger partial charge in [0.2, 0.25) is 11.0 Å². The van der Waals surface area contributed by atoms with Crippen LogP contribution in [0.4, 0.5) is 5.13 Å². The molecule has 0 fully saturated rings. The van der Waals surface area contributed by atoms with Crippen molar-refractivity contribution in [3.63, 3.8) is 0 Å². The van der Waals surface area contributed by atoms with Gasteiger partial charge < -0.3 is 0 Å². The molecule has 2 aromatic heterocycles. The lowest BCUT2D eigenvalue weighted by molar-refractivity contribution is -0.113. The van der Waals surface area contributed by atoms with E-state index in [1.807, 2.05) is 6.92 Å². The van der Waals surface area contributed by atoms with Crippen molar-refractivity contribution >= 4 is 45.0 Å². The number of rotatable bonds is 6. The van der Waals surface area contributed by atoms with Crippen LogP contribution in [0.3, 0.4) is 0 Å². The van der Waals surface area contributed by atoms with Gasteiger partial charge in [0.15, 0.2) is 0 Å². The zero-order chi connectivity index (χ0) is 18.7. The summed E-state index contributed by atoms with van der Waals surface area (Å²) in [5, 5.41) is 14.4. The van der Waals surface area contributed by atoms with Gasteiger partial charge in [-0.1, -0.05) is 49.1 Å². The van der Waals surface area contributed by atoms with Crippen LogP contribution in [0.25, 0.3) is 10.9 Å². The summed E-state index contributed by atoms with van der Waals surface area (Å²) in [4.78, 5) is 17.1. The van der Waals surface area contributed by atoms with Crippen LogP contribution in [0.2, 0.25) is 0 Å². The SMILES string of the molecule is CCc1nnc(NC(=O)CSc2nc3c(C)ccc(C)c3cc2CC)s1. The maximum atomic E-state index is 12.2. The summed E-state index contributed by atoms with van der Waals surface area (Å²) in [5.74, 6) is 0.218. The highest BCUT2D eigenvalue weighted by atomic mass is 32.2. The number of aromatic nitrogens is 3. The van der Waals surface area contributed by atoms with E-state index in [4.69, 9.17) is 4.98 Å². The summed E-state index contributed by atoms with van der Waals surface area (Å²) in [7, 11) is 0. The van der Waals surface area contributed by atoms with Gasteiger partial charge in [0.05, 0.1) is 11.3 Å². The molecule has 1 aromatic carbocycles.